The van der Waals surface area contributed by atoms with E-state index in [1.165, 1.54) is 4.90 Å². The molecule has 2 N–H and O–H groups in total. The first-order valence-electron chi connectivity index (χ1n) is 5.48. The minimum Gasteiger partial charge on any atom is -0.465 e. The first-order valence-corrected chi connectivity index (χ1v) is 5.48. The number of rotatable bonds is 5. The van der Waals surface area contributed by atoms with Gasteiger partial charge in [-0.05, 0) is 5.56 Å². The quantitative estimate of drug-likeness (QED) is 0.747. The summed E-state index contributed by atoms with van der Waals surface area (Å²) in [4.78, 5) is 12.4. The molecule has 1 aliphatic rings. The molecule has 1 aliphatic heterocycles. The van der Waals surface area contributed by atoms with E-state index in [1.54, 1.807) is 0 Å². The van der Waals surface area contributed by atoms with Gasteiger partial charge < -0.3 is 14.9 Å². The van der Waals surface area contributed by atoms with Crippen molar-refractivity contribution in [2.75, 3.05) is 13.2 Å². The fourth-order valence-electron chi connectivity index (χ4n) is 1.80. The average Bonchev–Trinajstić information content (AvgIpc) is 3.14. The molecule has 2 rings (SSSR count). The van der Waals surface area contributed by atoms with Crippen LogP contribution in [0.2, 0.25) is 0 Å². The molecule has 92 valence electrons. The van der Waals surface area contributed by atoms with Crippen molar-refractivity contribution >= 4 is 6.09 Å². The third-order valence-corrected chi connectivity index (χ3v) is 2.82. The maximum absolute atomic E-state index is 11.2. The number of carbonyl (C=O) groups is 1. The summed E-state index contributed by atoms with van der Waals surface area (Å²) in [5, 5.41) is 18.4. The molecular formula is C12H15NO4. The second-order valence-electron chi connectivity index (χ2n) is 4.02. The van der Waals surface area contributed by atoms with Gasteiger partial charge in [-0.1, -0.05) is 30.3 Å². The Kier molecular flexibility index (Phi) is 3.61. The van der Waals surface area contributed by atoms with E-state index in [2.05, 4.69) is 0 Å². The molecule has 1 amide bonds. The molecule has 2 atom stereocenters. The Morgan fingerprint density at radius 3 is 2.59 bits per heavy atom. The molecule has 1 fully saturated rings. The Labute approximate surface area is 99.2 Å². The van der Waals surface area contributed by atoms with Gasteiger partial charge in [0, 0.05) is 6.54 Å². The third kappa shape index (κ3) is 2.95. The fraction of sp³-hybridized carbons (Fsp3) is 0.417. The van der Waals surface area contributed by atoms with Crippen LogP contribution in [-0.4, -0.2) is 46.6 Å². The first-order chi connectivity index (χ1) is 8.22. The Morgan fingerprint density at radius 1 is 1.47 bits per heavy atom. The Morgan fingerprint density at radius 2 is 2.12 bits per heavy atom. The molecular weight excluding hydrogens is 222 g/mol. The smallest absolute Gasteiger partial charge is 0.408 e. The molecule has 0 spiro atoms. The van der Waals surface area contributed by atoms with Crippen LogP contribution in [0.1, 0.15) is 5.56 Å². The van der Waals surface area contributed by atoms with Crippen LogP contribution in [0.4, 0.5) is 4.79 Å². The number of benzene rings is 1. The third-order valence-electron chi connectivity index (χ3n) is 2.82. The number of amides is 1. The minimum absolute atomic E-state index is 0.167. The molecule has 1 heterocycles. The molecule has 0 unspecified atom stereocenters. The minimum atomic E-state index is -1.04. The van der Waals surface area contributed by atoms with Gasteiger partial charge in [-0.25, -0.2) is 4.79 Å². The number of ether oxygens (including phenoxy) is 1. The van der Waals surface area contributed by atoms with Crippen LogP contribution in [0.25, 0.3) is 0 Å². The lowest BCUT2D eigenvalue weighted by atomic mass is 10.1. The summed E-state index contributed by atoms with van der Waals surface area (Å²) in [6, 6.07) is 8.83. The highest BCUT2D eigenvalue weighted by Crippen LogP contribution is 2.21. The number of nitrogens with zero attached hydrogens (tertiary/aromatic N) is 1. The second-order valence-corrected chi connectivity index (χ2v) is 4.02. The van der Waals surface area contributed by atoms with Gasteiger partial charge in [-0.2, -0.15) is 0 Å². The van der Waals surface area contributed by atoms with Crippen LogP contribution < -0.4 is 0 Å². The first kappa shape index (κ1) is 11.9. The molecule has 0 bridgehead atoms. The molecule has 17 heavy (non-hydrogen) atoms. The van der Waals surface area contributed by atoms with Gasteiger partial charge >= 0.3 is 6.09 Å². The summed E-state index contributed by atoms with van der Waals surface area (Å²) >= 11 is 0. The lowest BCUT2D eigenvalue weighted by molar-refractivity contribution is 0.0799. The molecule has 1 saturated heterocycles. The SMILES string of the molecule is O=C(O)N(Cc1ccccc1)[C@@H](CO)[C@@H]1CO1. The van der Waals surface area contributed by atoms with Crippen LogP contribution in [0.3, 0.4) is 0 Å². The fourth-order valence-corrected chi connectivity index (χ4v) is 1.80. The van der Waals surface area contributed by atoms with Crippen molar-refractivity contribution in [2.45, 2.75) is 18.7 Å². The van der Waals surface area contributed by atoms with Crippen LogP contribution in [0, 0.1) is 0 Å². The summed E-state index contributed by atoms with van der Waals surface area (Å²) in [5.41, 5.74) is 0.897. The van der Waals surface area contributed by atoms with E-state index in [-0.39, 0.29) is 19.3 Å². The van der Waals surface area contributed by atoms with E-state index in [0.29, 0.717) is 6.61 Å². The van der Waals surface area contributed by atoms with Gasteiger partial charge in [0.05, 0.1) is 19.3 Å². The van der Waals surface area contributed by atoms with Gasteiger partial charge in [-0.15, -0.1) is 0 Å². The van der Waals surface area contributed by atoms with Crippen LogP contribution in [-0.2, 0) is 11.3 Å². The van der Waals surface area contributed by atoms with Gasteiger partial charge in [0.2, 0.25) is 0 Å². The summed E-state index contributed by atoms with van der Waals surface area (Å²) in [6.45, 7) is 0.564. The summed E-state index contributed by atoms with van der Waals surface area (Å²) < 4.78 is 5.07. The number of carboxylic acid groups (broad SMARTS) is 1. The molecule has 0 aromatic heterocycles. The molecule has 1 aromatic carbocycles. The van der Waals surface area contributed by atoms with Crippen molar-refractivity contribution in [2.24, 2.45) is 0 Å². The van der Waals surface area contributed by atoms with Crippen molar-refractivity contribution in [3.63, 3.8) is 0 Å². The number of hydrogen-bond acceptors (Lipinski definition) is 3. The number of hydrogen-bond donors (Lipinski definition) is 2. The van der Waals surface area contributed by atoms with Gasteiger partial charge in [0.25, 0.3) is 0 Å². The highest BCUT2D eigenvalue weighted by atomic mass is 16.6. The molecule has 5 nitrogen and oxygen atoms in total. The zero-order chi connectivity index (χ0) is 12.3. The Balaban J connectivity index is 2.09. The van der Waals surface area contributed by atoms with Crippen molar-refractivity contribution in [3.05, 3.63) is 35.9 Å². The molecule has 5 heteroatoms. The molecule has 0 saturated carbocycles. The van der Waals surface area contributed by atoms with Crippen LogP contribution >= 0.6 is 0 Å². The number of aliphatic hydroxyl groups excluding tert-OH is 1. The second kappa shape index (κ2) is 5.16. The Hall–Kier alpha value is -1.59. The maximum Gasteiger partial charge on any atom is 0.408 e. The van der Waals surface area contributed by atoms with Gasteiger partial charge in [0.1, 0.15) is 6.10 Å². The predicted molar refractivity (Wildman–Crippen MR) is 60.6 cm³/mol. The largest absolute Gasteiger partial charge is 0.465 e. The highest BCUT2D eigenvalue weighted by molar-refractivity contribution is 5.65. The summed E-state index contributed by atoms with van der Waals surface area (Å²) in [5.74, 6) is 0. The standard InChI is InChI=1S/C12H15NO4/c14-7-10(11-8-17-11)13(12(15)16)6-9-4-2-1-3-5-9/h1-5,10-11,14H,6-8H2,(H,15,16)/t10-,11-/m0/s1. The van der Waals surface area contributed by atoms with E-state index >= 15 is 0 Å². The normalized spacial score (nSPS) is 19.7. The summed E-state index contributed by atoms with van der Waals surface area (Å²) in [7, 11) is 0. The maximum atomic E-state index is 11.2. The van der Waals surface area contributed by atoms with Gasteiger partial charge in [-0.3, -0.25) is 4.90 Å². The lowest BCUT2D eigenvalue weighted by Gasteiger charge is -2.26. The molecule has 1 aromatic rings. The Bertz CT molecular complexity index is 377. The molecule has 0 aliphatic carbocycles. The van der Waals surface area contributed by atoms with Crippen molar-refractivity contribution in [1.29, 1.82) is 0 Å². The topological polar surface area (TPSA) is 73.3 Å². The monoisotopic (exact) mass is 237 g/mol. The van der Waals surface area contributed by atoms with E-state index in [1.807, 2.05) is 30.3 Å². The van der Waals surface area contributed by atoms with Crippen molar-refractivity contribution < 1.29 is 19.7 Å². The predicted octanol–water partition coefficient (Wildman–Crippen LogP) is 0.926. The lowest BCUT2D eigenvalue weighted by Crippen LogP contribution is -2.44. The number of aliphatic hydroxyl groups is 1. The van der Waals surface area contributed by atoms with Crippen LogP contribution in [0.5, 0.6) is 0 Å². The zero-order valence-electron chi connectivity index (χ0n) is 9.32. The number of epoxide rings is 1. The average molecular weight is 237 g/mol. The van der Waals surface area contributed by atoms with E-state index in [4.69, 9.17) is 4.74 Å². The summed E-state index contributed by atoms with van der Waals surface area (Å²) in [6.07, 6.45) is -1.21. The van der Waals surface area contributed by atoms with E-state index < -0.39 is 12.1 Å². The molecule has 0 radical (unpaired) electrons. The van der Waals surface area contributed by atoms with Crippen molar-refractivity contribution in [1.82, 2.24) is 4.90 Å². The van der Waals surface area contributed by atoms with Crippen molar-refractivity contribution in [3.8, 4) is 0 Å². The zero-order valence-corrected chi connectivity index (χ0v) is 9.32. The van der Waals surface area contributed by atoms with E-state index in [0.717, 1.165) is 5.56 Å². The van der Waals surface area contributed by atoms with Crippen LogP contribution in [0.15, 0.2) is 30.3 Å². The highest BCUT2D eigenvalue weighted by Gasteiger charge is 2.38. The van der Waals surface area contributed by atoms with Gasteiger partial charge in [0.15, 0.2) is 0 Å². The van der Waals surface area contributed by atoms with E-state index in [9.17, 15) is 15.0 Å².